The summed E-state index contributed by atoms with van der Waals surface area (Å²) < 4.78 is 10.5. The predicted molar refractivity (Wildman–Crippen MR) is 83.8 cm³/mol. The largest absolute Gasteiger partial charge is 0.482 e. The van der Waals surface area contributed by atoms with Crippen LogP contribution in [0.5, 0.6) is 5.75 Å². The molecule has 0 aromatic heterocycles. The van der Waals surface area contributed by atoms with Crippen LogP contribution in [0.3, 0.4) is 0 Å². The van der Waals surface area contributed by atoms with Gasteiger partial charge in [0.1, 0.15) is 5.75 Å². The van der Waals surface area contributed by atoms with Gasteiger partial charge in [-0.05, 0) is 17.2 Å². The highest BCUT2D eigenvalue weighted by molar-refractivity contribution is 5.71. The summed E-state index contributed by atoms with van der Waals surface area (Å²) in [5.41, 5.74) is 2.21. The minimum atomic E-state index is -0.428. The minimum Gasteiger partial charge on any atom is -0.482 e. The van der Waals surface area contributed by atoms with Gasteiger partial charge in [-0.3, -0.25) is 0 Å². The Morgan fingerprint density at radius 2 is 1.73 bits per heavy atom. The first-order valence-corrected chi connectivity index (χ1v) is 7.30. The van der Waals surface area contributed by atoms with E-state index in [-0.39, 0.29) is 19.8 Å². The summed E-state index contributed by atoms with van der Waals surface area (Å²) >= 11 is 0. The molecule has 1 N–H and O–H groups in total. The topological polar surface area (TPSA) is 55.8 Å². The van der Waals surface area contributed by atoms with Crippen molar-refractivity contribution in [2.75, 3.05) is 19.8 Å². The van der Waals surface area contributed by atoms with Crippen LogP contribution >= 0.6 is 0 Å². The van der Waals surface area contributed by atoms with Gasteiger partial charge in [-0.25, -0.2) is 4.79 Å². The number of carbonyl (C=O) groups is 1. The maximum absolute atomic E-state index is 11.5. The monoisotopic (exact) mass is 300 g/mol. The molecule has 0 bridgehead atoms. The number of carbonyl (C=O) groups excluding carboxylic acids is 1. The Bertz CT molecular complexity index is 581. The molecule has 0 aliphatic heterocycles. The first-order chi connectivity index (χ1) is 10.8. The third-order valence-electron chi connectivity index (χ3n) is 3.12. The first kappa shape index (κ1) is 16.0. The lowest BCUT2D eigenvalue weighted by atomic mass is 10.0. The average Bonchev–Trinajstić information content (AvgIpc) is 2.55. The molecule has 0 amide bonds. The number of hydrogen-bond acceptors (Lipinski definition) is 4. The summed E-state index contributed by atoms with van der Waals surface area (Å²) in [6.07, 6.45) is 1.19. The zero-order chi connectivity index (χ0) is 15.6. The van der Waals surface area contributed by atoms with Crippen LogP contribution in [0.4, 0.5) is 0 Å². The van der Waals surface area contributed by atoms with Crippen molar-refractivity contribution in [3.05, 3.63) is 65.7 Å². The van der Waals surface area contributed by atoms with Crippen molar-refractivity contribution in [2.24, 2.45) is 0 Å². The van der Waals surface area contributed by atoms with E-state index in [0.717, 1.165) is 12.0 Å². The van der Waals surface area contributed by atoms with Gasteiger partial charge >= 0.3 is 5.97 Å². The van der Waals surface area contributed by atoms with E-state index in [9.17, 15) is 4.79 Å². The van der Waals surface area contributed by atoms with E-state index in [1.54, 1.807) is 0 Å². The van der Waals surface area contributed by atoms with Crippen molar-refractivity contribution >= 4 is 5.97 Å². The Hall–Kier alpha value is -2.33. The third kappa shape index (κ3) is 5.22. The predicted octanol–water partition coefficient (Wildman–Crippen LogP) is 2.58. The molecular formula is C18H20O4. The van der Waals surface area contributed by atoms with Crippen LogP contribution in [0, 0.1) is 0 Å². The fourth-order valence-corrected chi connectivity index (χ4v) is 2.04. The lowest BCUT2D eigenvalue weighted by molar-refractivity contribution is -0.146. The second kappa shape index (κ2) is 8.85. The van der Waals surface area contributed by atoms with Crippen molar-refractivity contribution in [3.63, 3.8) is 0 Å². The molecule has 0 unspecified atom stereocenters. The minimum absolute atomic E-state index is 0.00798. The summed E-state index contributed by atoms with van der Waals surface area (Å²) in [4.78, 5) is 11.5. The van der Waals surface area contributed by atoms with E-state index in [1.807, 2.05) is 42.5 Å². The third-order valence-corrected chi connectivity index (χ3v) is 3.12. The number of ether oxygens (including phenoxy) is 2. The van der Waals surface area contributed by atoms with Crippen molar-refractivity contribution in [2.45, 2.75) is 12.8 Å². The van der Waals surface area contributed by atoms with E-state index in [0.29, 0.717) is 12.2 Å². The van der Waals surface area contributed by atoms with E-state index in [2.05, 4.69) is 12.1 Å². The van der Waals surface area contributed by atoms with Gasteiger partial charge in [-0.15, -0.1) is 0 Å². The van der Waals surface area contributed by atoms with Crippen LogP contribution in [0.15, 0.2) is 54.6 Å². The Labute approximate surface area is 130 Å². The Morgan fingerprint density at radius 3 is 2.50 bits per heavy atom. The lowest BCUT2D eigenvalue weighted by Gasteiger charge is -2.11. The Balaban J connectivity index is 1.92. The highest BCUT2D eigenvalue weighted by Crippen LogP contribution is 2.21. The molecule has 0 saturated carbocycles. The zero-order valence-corrected chi connectivity index (χ0v) is 12.4. The van der Waals surface area contributed by atoms with Crippen molar-refractivity contribution in [3.8, 4) is 5.75 Å². The number of para-hydroxylation sites is 1. The molecule has 2 rings (SSSR count). The summed E-state index contributed by atoms with van der Waals surface area (Å²) in [7, 11) is 0. The maximum atomic E-state index is 11.5. The zero-order valence-electron chi connectivity index (χ0n) is 12.4. The first-order valence-electron chi connectivity index (χ1n) is 7.30. The van der Waals surface area contributed by atoms with Crippen molar-refractivity contribution in [1.29, 1.82) is 0 Å². The van der Waals surface area contributed by atoms with Crippen LogP contribution in [-0.2, 0) is 16.0 Å². The lowest BCUT2D eigenvalue weighted by Crippen LogP contribution is -2.16. The SMILES string of the molecule is O=C(COc1ccccc1Cc1ccccc1)OCCCO. The molecule has 2 aromatic carbocycles. The summed E-state index contributed by atoms with van der Waals surface area (Å²) in [5.74, 6) is 0.258. The fourth-order valence-electron chi connectivity index (χ4n) is 2.04. The molecule has 0 aliphatic rings. The van der Waals surface area contributed by atoms with Gasteiger partial charge < -0.3 is 14.6 Å². The standard InChI is InChI=1S/C18H20O4/c19-11-6-12-21-18(20)14-22-17-10-5-4-9-16(17)13-15-7-2-1-3-8-15/h1-5,7-10,19H,6,11-14H2. The number of hydrogen-bond donors (Lipinski definition) is 1. The van der Waals surface area contributed by atoms with Crippen molar-refractivity contribution < 1.29 is 19.4 Å². The van der Waals surface area contributed by atoms with Gasteiger partial charge in [0.05, 0.1) is 6.61 Å². The number of aliphatic hydroxyl groups excluding tert-OH is 1. The molecule has 22 heavy (non-hydrogen) atoms. The molecular weight excluding hydrogens is 280 g/mol. The highest BCUT2D eigenvalue weighted by Gasteiger charge is 2.08. The number of esters is 1. The van der Waals surface area contributed by atoms with Crippen LogP contribution in [-0.4, -0.2) is 30.9 Å². The van der Waals surface area contributed by atoms with Gasteiger partial charge in [0.15, 0.2) is 6.61 Å². The number of rotatable bonds is 8. The second-order valence-corrected chi connectivity index (χ2v) is 4.86. The highest BCUT2D eigenvalue weighted by atomic mass is 16.6. The molecule has 0 fully saturated rings. The van der Waals surface area contributed by atoms with Gasteiger partial charge in [-0.1, -0.05) is 48.5 Å². The van der Waals surface area contributed by atoms with Gasteiger partial charge in [0.2, 0.25) is 0 Å². The normalized spacial score (nSPS) is 10.2. The average molecular weight is 300 g/mol. The Kier molecular flexibility index (Phi) is 6.45. The summed E-state index contributed by atoms with van der Waals surface area (Å²) in [6, 6.07) is 17.7. The molecule has 0 atom stereocenters. The van der Waals surface area contributed by atoms with E-state index in [1.165, 1.54) is 5.56 Å². The van der Waals surface area contributed by atoms with Crippen LogP contribution in [0.1, 0.15) is 17.5 Å². The maximum Gasteiger partial charge on any atom is 0.344 e. The van der Waals surface area contributed by atoms with Crippen LogP contribution < -0.4 is 4.74 Å². The smallest absolute Gasteiger partial charge is 0.344 e. The van der Waals surface area contributed by atoms with Gasteiger partial charge in [0, 0.05) is 19.4 Å². The molecule has 4 heteroatoms. The van der Waals surface area contributed by atoms with Crippen LogP contribution in [0.2, 0.25) is 0 Å². The van der Waals surface area contributed by atoms with Gasteiger partial charge in [0.25, 0.3) is 0 Å². The second-order valence-electron chi connectivity index (χ2n) is 4.86. The molecule has 4 nitrogen and oxygen atoms in total. The molecule has 0 heterocycles. The fraction of sp³-hybridized carbons (Fsp3) is 0.278. The molecule has 116 valence electrons. The quantitative estimate of drug-likeness (QED) is 0.601. The summed E-state index contributed by atoms with van der Waals surface area (Å²) in [6.45, 7) is 0.0929. The summed E-state index contributed by atoms with van der Waals surface area (Å²) in [5, 5.41) is 8.64. The van der Waals surface area contributed by atoms with E-state index < -0.39 is 5.97 Å². The number of benzene rings is 2. The molecule has 0 spiro atoms. The molecule has 0 aliphatic carbocycles. The Morgan fingerprint density at radius 1 is 1.00 bits per heavy atom. The van der Waals surface area contributed by atoms with Gasteiger partial charge in [-0.2, -0.15) is 0 Å². The van der Waals surface area contributed by atoms with Crippen molar-refractivity contribution in [1.82, 2.24) is 0 Å². The molecule has 2 aromatic rings. The van der Waals surface area contributed by atoms with E-state index in [4.69, 9.17) is 14.6 Å². The van der Waals surface area contributed by atoms with E-state index >= 15 is 0 Å². The molecule has 0 saturated heterocycles. The molecule has 0 radical (unpaired) electrons. The van der Waals surface area contributed by atoms with Crippen LogP contribution in [0.25, 0.3) is 0 Å². The number of aliphatic hydroxyl groups is 1.